The summed E-state index contributed by atoms with van der Waals surface area (Å²) in [5, 5.41) is 3.32. The molecule has 0 aromatic heterocycles. The first kappa shape index (κ1) is 9.70. The Labute approximate surface area is 81.6 Å². The molecule has 66 valence electrons. The molecule has 0 aromatic rings. The maximum Gasteiger partial charge on any atom is 0.0979 e. The van der Waals surface area contributed by atoms with Crippen LogP contribution in [0.4, 0.5) is 0 Å². The molecule has 4 heteroatoms. The van der Waals surface area contributed by atoms with Crippen LogP contribution >= 0.6 is 22.6 Å². The highest BCUT2D eigenvalue weighted by molar-refractivity contribution is 14.1. The van der Waals surface area contributed by atoms with E-state index in [4.69, 9.17) is 4.74 Å². The fraction of sp³-hybridized carbons (Fsp3) is 1.00. The smallest absolute Gasteiger partial charge is 0.0979 e. The van der Waals surface area contributed by atoms with E-state index in [-0.39, 0.29) is 0 Å². The van der Waals surface area contributed by atoms with E-state index in [1.807, 2.05) is 0 Å². The third-order valence-corrected chi connectivity index (χ3v) is 2.28. The van der Waals surface area contributed by atoms with Crippen LogP contribution in [0.5, 0.6) is 0 Å². The first-order valence-corrected chi connectivity index (χ1v) is 5.53. The molecule has 0 unspecified atom stereocenters. The molecule has 1 heterocycles. The van der Waals surface area contributed by atoms with Crippen LogP contribution in [0.1, 0.15) is 0 Å². The van der Waals surface area contributed by atoms with E-state index in [1.165, 1.54) is 13.1 Å². The van der Waals surface area contributed by atoms with Gasteiger partial charge < -0.3 is 10.1 Å². The number of ether oxygens (including phenoxy) is 1. The number of nitrogens with one attached hydrogen (secondary N) is 1. The minimum absolute atomic E-state index is 0.809. The summed E-state index contributed by atoms with van der Waals surface area (Å²) in [6.07, 6.45) is 0. The summed E-state index contributed by atoms with van der Waals surface area (Å²) in [4.78, 5) is 2.43. The third-order valence-electron chi connectivity index (χ3n) is 1.84. The van der Waals surface area contributed by atoms with Gasteiger partial charge in [0.1, 0.15) is 0 Å². The van der Waals surface area contributed by atoms with Crippen LogP contribution < -0.4 is 5.32 Å². The fourth-order valence-electron chi connectivity index (χ4n) is 1.18. The number of alkyl halides is 1. The van der Waals surface area contributed by atoms with Crippen molar-refractivity contribution in [1.82, 2.24) is 10.2 Å². The number of hydrogen-bond donors (Lipinski definition) is 1. The SMILES string of the molecule is ICOCCN1CCNCC1. The molecule has 1 rings (SSSR count). The highest BCUT2D eigenvalue weighted by atomic mass is 127. The van der Waals surface area contributed by atoms with Crippen LogP contribution in [0.2, 0.25) is 0 Å². The Morgan fingerprint density at radius 1 is 1.36 bits per heavy atom. The summed E-state index contributed by atoms with van der Waals surface area (Å²) >= 11 is 2.23. The van der Waals surface area contributed by atoms with Gasteiger partial charge in [0.05, 0.1) is 11.2 Å². The predicted octanol–water partition coefficient (Wildman–Crippen LogP) is 0.301. The molecule has 0 aliphatic carbocycles. The minimum Gasteiger partial charge on any atom is -0.370 e. The van der Waals surface area contributed by atoms with E-state index in [9.17, 15) is 0 Å². The van der Waals surface area contributed by atoms with E-state index in [0.717, 1.165) is 30.9 Å². The van der Waals surface area contributed by atoms with Crippen molar-refractivity contribution in [2.45, 2.75) is 0 Å². The molecule has 0 atom stereocenters. The van der Waals surface area contributed by atoms with Crippen molar-refractivity contribution in [3.8, 4) is 0 Å². The summed E-state index contributed by atoms with van der Waals surface area (Å²) in [5.74, 6) is 0. The van der Waals surface area contributed by atoms with Crippen LogP contribution in [0.3, 0.4) is 0 Å². The fourth-order valence-corrected chi connectivity index (χ4v) is 1.49. The van der Waals surface area contributed by atoms with Gasteiger partial charge in [0.15, 0.2) is 0 Å². The van der Waals surface area contributed by atoms with Gasteiger partial charge in [-0.25, -0.2) is 0 Å². The Balaban J connectivity index is 1.96. The molecule has 0 saturated carbocycles. The molecule has 1 N–H and O–H groups in total. The standard InChI is InChI=1S/C7H15IN2O/c8-7-11-6-5-10-3-1-9-2-4-10/h9H,1-7H2. The minimum atomic E-state index is 0.809. The Hall–Kier alpha value is 0.610. The van der Waals surface area contributed by atoms with E-state index in [0.29, 0.717) is 0 Å². The average Bonchev–Trinajstić information content (AvgIpc) is 2.07. The second kappa shape index (κ2) is 6.16. The van der Waals surface area contributed by atoms with Gasteiger partial charge in [0.25, 0.3) is 0 Å². The zero-order valence-electron chi connectivity index (χ0n) is 6.68. The zero-order valence-corrected chi connectivity index (χ0v) is 8.84. The number of piperazine rings is 1. The normalized spacial score (nSPS) is 20.5. The topological polar surface area (TPSA) is 24.5 Å². The lowest BCUT2D eigenvalue weighted by Gasteiger charge is -2.26. The lowest BCUT2D eigenvalue weighted by atomic mass is 10.4. The summed E-state index contributed by atoms with van der Waals surface area (Å²) < 4.78 is 6.07. The summed E-state index contributed by atoms with van der Waals surface area (Å²) in [7, 11) is 0. The first-order chi connectivity index (χ1) is 5.43. The molecular formula is C7H15IN2O. The Kier molecular flexibility index (Phi) is 5.43. The molecule has 0 spiro atoms. The first-order valence-electron chi connectivity index (χ1n) is 4.00. The Morgan fingerprint density at radius 3 is 2.73 bits per heavy atom. The van der Waals surface area contributed by atoms with Gasteiger partial charge in [-0.3, -0.25) is 4.90 Å². The molecule has 0 bridgehead atoms. The van der Waals surface area contributed by atoms with Crippen molar-refractivity contribution >= 4 is 22.6 Å². The van der Waals surface area contributed by atoms with Crippen LogP contribution in [-0.2, 0) is 4.74 Å². The molecule has 0 radical (unpaired) electrons. The molecule has 1 saturated heterocycles. The largest absolute Gasteiger partial charge is 0.370 e. The van der Waals surface area contributed by atoms with Crippen molar-refractivity contribution in [1.29, 1.82) is 0 Å². The zero-order chi connectivity index (χ0) is 7.94. The number of nitrogens with zero attached hydrogens (tertiary/aromatic N) is 1. The quantitative estimate of drug-likeness (QED) is 0.452. The van der Waals surface area contributed by atoms with Crippen molar-refractivity contribution in [3.63, 3.8) is 0 Å². The molecule has 0 aromatic carbocycles. The van der Waals surface area contributed by atoms with Crippen LogP contribution in [0, 0.1) is 0 Å². The highest BCUT2D eigenvalue weighted by Gasteiger charge is 2.07. The molecular weight excluding hydrogens is 255 g/mol. The average molecular weight is 270 g/mol. The van der Waals surface area contributed by atoms with Crippen molar-refractivity contribution in [2.75, 3.05) is 43.9 Å². The number of rotatable bonds is 4. The lowest BCUT2D eigenvalue weighted by Crippen LogP contribution is -2.44. The molecule has 1 aliphatic heterocycles. The summed E-state index contributed by atoms with van der Waals surface area (Å²) in [5.41, 5.74) is 0. The second-order valence-electron chi connectivity index (χ2n) is 2.61. The maximum absolute atomic E-state index is 5.26. The van der Waals surface area contributed by atoms with Gasteiger partial charge >= 0.3 is 0 Å². The molecule has 3 nitrogen and oxygen atoms in total. The van der Waals surface area contributed by atoms with Crippen LogP contribution in [0.15, 0.2) is 0 Å². The van der Waals surface area contributed by atoms with E-state index >= 15 is 0 Å². The third kappa shape index (κ3) is 4.25. The van der Waals surface area contributed by atoms with E-state index < -0.39 is 0 Å². The van der Waals surface area contributed by atoms with Gasteiger partial charge in [-0.2, -0.15) is 0 Å². The molecule has 11 heavy (non-hydrogen) atoms. The number of hydrogen-bond acceptors (Lipinski definition) is 3. The predicted molar refractivity (Wildman–Crippen MR) is 54.1 cm³/mol. The van der Waals surface area contributed by atoms with Gasteiger partial charge in [-0.05, 0) is 0 Å². The number of halogens is 1. The van der Waals surface area contributed by atoms with Crippen molar-refractivity contribution < 1.29 is 4.74 Å². The van der Waals surface area contributed by atoms with Gasteiger partial charge in [-0.1, -0.05) is 22.6 Å². The van der Waals surface area contributed by atoms with Crippen LogP contribution in [-0.4, -0.2) is 48.8 Å². The summed E-state index contributed by atoms with van der Waals surface area (Å²) in [6.45, 7) is 6.57. The Bertz CT molecular complexity index is 96.4. The van der Waals surface area contributed by atoms with Gasteiger partial charge in [0.2, 0.25) is 0 Å². The van der Waals surface area contributed by atoms with Crippen molar-refractivity contribution in [3.05, 3.63) is 0 Å². The molecule has 1 fully saturated rings. The highest BCUT2D eigenvalue weighted by Crippen LogP contribution is 1.92. The lowest BCUT2D eigenvalue weighted by molar-refractivity contribution is 0.135. The maximum atomic E-state index is 5.26. The second-order valence-corrected chi connectivity index (χ2v) is 3.23. The molecule has 0 amide bonds. The Morgan fingerprint density at radius 2 is 2.09 bits per heavy atom. The van der Waals surface area contributed by atoms with Crippen LogP contribution in [0.25, 0.3) is 0 Å². The van der Waals surface area contributed by atoms with Crippen molar-refractivity contribution in [2.24, 2.45) is 0 Å². The summed E-state index contributed by atoms with van der Waals surface area (Å²) in [6, 6.07) is 0. The molecule has 1 aliphatic rings. The van der Waals surface area contributed by atoms with E-state index in [2.05, 4.69) is 32.8 Å². The van der Waals surface area contributed by atoms with Gasteiger partial charge in [-0.15, -0.1) is 0 Å². The van der Waals surface area contributed by atoms with E-state index in [1.54, 1.807) is 0 Å². The monoisotopic (exact) mass is 270 g/mol. The van der Waals surface area contributed by atoms with Gasteiger partial charge in [0, 0.05) is 32.7 Å².